The summed E-state index contributed by atoms with van der Waals surface area (Å²) in [7, 11) is 0. The number of carbonyl (C=O) groups excluding carboxylic acids is 1. The van der Waals surface area contributed by atoms with Crippen molar-refractivity contribution in [1.82, 2.24) is 15.3 Å². The van der Waals surface area contributed by atoms with Crippen molar-refractivity contribution < 1.29 is 4.79 Å². The fraction of sp³-hybridized carbons (Fsp3) is 0.667. The van der Waals surface area contributed by atoms with Crippen LogP contribution in [0.2, 0.25) is 0 Å². The van der Waals surface area contributed by atoms with Crippen molar-refractivity contribution in [2.75, 3.05) is 24.5 Å². The van der Waals surface area contributed by atoms with Crippen LogP contribution in [0.3, 0.4) is 0 Å². The normalized spacial score (nSPS) is 16.5. The van der Waals surface area contributed by atoms with Crippen molar-refractivity contribution in [3.8, 4) is 0 Å². The Morgan fingerprint density at radius 2 is 2.15 bits per heavy atom. The highest BCUT2D eigenvalue weighted by atomic mass is 16.1. The van der Waals surface area contributed by atoms with Crippen LogP contribution in [-0.2, 0) is 0 Å². The molecule has 1 aromatic heterocycles. The summed E-state index contributed by atoms with van der Waals surface area (Å²) in [5, 5.41) is 2.89. The third-order valence-electron chi connectivity index (χ3n) is 3.61. The zero-order valence-electron chi connectivity index (χ0n) is 12.6. The molecule has 1 fully saturated rings. The van der Waals surface area contributed by atoms with Crippen LogP contribution in [0.1, 0.15) is 44.1 Å². The summed E-state index contributed by atoms with van der Waals surface area (Å²) in [6.07, 6.45) is 3.99. The third-order valence-corrected chi connectivity index (χ3v) is 3.61. The van der Waals surface area contributed by atoms with Gasteiger partial charge in [-0.2, -0.15) is 0 Å². The molecule has 20 heavy (non-hydrogen) atoms. The lowest BCUT2D eigenvalue weighted by molar-refractivity contribution is 0.0944. The highest BCUT2D eigenvalue weighted by Crippen LogP contribution is 2.19. The van der Waals surface area contributed by atoms with Gasteiger partial charge in [0.2, 0.25) is 5.95 Å². The first-order valence-electron chi connectivity index (χ1n) is 7.42. The van der Waals surface area contributed by atoms with Crippen molar-refractivity contribution in [2.24, 2.45) is 11.8 Å². The van der Waals surface area contributed by atoms with E-state index in [-0.39, 0.29) is 5.91 Å². The number of piperidine rings is 1. The molecule has 5 nitrogen and oxygen atoms in total. The van der Waals surface area contributed by atoms with Gasteiger partial charge >= 0.3 is 0 Å². The summed E-state index contributed by atoms with van der Waals surface area (Å²) < 4.78 is 0. The SMILES string of the molecule is CC(C)CNC(=O)c1ccnc(N2CCC(C)CC2)n1. The first-order valence-corrected chi connectivity index (χ1v) is 7.42. The van der Waals surface area contributed by atoms with E-state index < -0.39 is 0 Å². The van der Waals surface area contributed by atoms with Gasteiger partial charge in [0.25, 0.3) is 5.91 Å². The van der Waals surface area contributed by atoms with Crippen molar-refractivity contribution in [3.63, 3.8) is 0 Å². The molecule has 0 spiro atoms. The monoisotopic (exact) mass is 276 g/mol. The fourth-order valence-corrected chi connectivity index (χ4v) is 2.22. The maximum absolute atomic E-state index is 12.0. The number of nitrogens with zero attached hydrogens (tertiary/aromatic N) is 3. The lowest BCUT2D eigenvalue weighted by Crippen LogP contribution is -2.35. The summed E-state index contributed by atoms with van der Waals surface area (Å²) in [5.74, 6) is 1.76. The second kappa shape index (κ2) is 6.68. The Hall–Kier alpha value is -1.65. The lowest BCUT2D eigenvalue weighted by Gasteiger charge is -2.30. The van der Waals surface area contributed by atoms with Gasteiger partial charge in [-0.25, -0.2) is 9.97 Å². The van der Waals surface area contributed by atoms with E-state index in [0.29, 0.717) is 24.1 Å². The molecule has 1 aliphatic rings. The van der Waals surface area contributed by atoms with E-state index in [4.69, 9.17) is 0 Å². The van der Waals surface area contributed by atoms with E-state index in [1.807, 2.05) is 0 Å². The molecule has 0 radical (unpaired) electrons. The molecular weight excluding hydrogens is 252 g/mol. The molecule has 1 aliphatic heterocycles. The highest BCUT2D eigenvalue weighted by Gasteiger charge is 2.19. The van der Waals surface area contributed by atoms with Gasteiger partial charge in [-0.1, -0.05) is 20.8 Å². The number of rotatable bonds is 4. The lowest BCUT2D eigenvalue weighted by atomic mass is 10.00. The minimum atomic E-state index is -0.118. The van der Waals surface area contributed by atoms with E-state index in [9.17, 15) is 4.79 Å². The van der Waals surface area contributed by atoms with Crippen molar-refractivity contribution in [2.45, 2.75) is 33.6 Å². The molecule has 1 aromatic rings. The van der Waals surface area contributed by atoms with E-state index in [1.165, 1.54) is 0 Å². The topological polar surface area (TPSA) is 58.1 Å². The van der Waals surface area contributed by atoms with E-state index >= 15 is 0 Å². The maximum Gasteiger partial charge on any atom is 0.270 e. The zero-order valence-corrected chi connectivity index (χ0v) is 12.6. The number of amides is 1. The average Bonchev–Trinajstić information content (AvgIpc) is 2.45. The largest absolute Gasteiger partial charge is 0.350 e. The molecule has 0 unspecified atom stereocenters. The van der Waals surface area contributed by atoms with Crippen molar-refractivity contribution >= 4 is 11.9 Å². The molecule has 0 aromatic carbocycles. The van der Waals surface area contributed by atoms with Crippen LogP contribution in [0.4, 0.5) is 5.95 Å². The Balaban J connectivity index is 2.02. The van der Waals surface area contributed by atoms with Gasteiger partial charge in [-0.15, -0.1) is 0 Å². The highest BCUT2D eigenvalue weighted by molar-refractivity contribution is 5.92. The summed E-state index contributed by atoms with van der Waals surface area (Å²) >= 11 is 0. The molecule has 0 saturated carbocycles. The minimum Gasteiger partial charge on any atom is -0.350 e. The van der Waals surface area contributed by atoms with Crippen molar-refractivity contribution in [1.29, 1.82) is 0 Å². The summed E-state index contributed by atoms with van der Waals surface area (Å²) in [6.45, 7) is 9.02. The zero-order chi connectivity index (χ0) is 14.5. The first-order chi connectivity index (χ1) is 9.56. The predicted octanol–water partition coefficient (Wildman–Crippen LogP) is 2.10. The predicted molar refractivity (Wildman–Crippen MR) is 79.8 cm³/mol. The first kappa shape index (κ1) is 14.8. The smallest absolute Gasteiger partial charge is 0.270 e. The molecule has 2 rings (SSSR count). The Kier molecular flexibility index (Phi) is 4.93. The maximum atomic E-state index is 12.0. The third kappa shape index (κ3) is 3.92. The number of anilines is 1. The molecule has 0 atom stereocenters. The minimum absolute atomic E-state index is 0.118. The van der Waals surface area contributed by atoms with Crippen LogP contribution < -0.4 is 10.2 Å². The standard InChI is InChI=1S/C15H24N4O/c1-11(2)10-17-14(20)13-4-7-16-15(18-13)19-8-5-12(3)6-9-19/h4,7,11-12H,5-6,8-10H2,1-3H3,(H,17,20). The molecule has 5 heteroatoms. The van der Waals surface area contributed by atoms with Gasteiger partial charge in [0.15, 0.2) is 0 Å². The van der Waals surface area contributed by atoms with Crippen LogP contribution in [-0.4, -0.2) is 35.5 Å². The van der Waals surface area contributed by atoms with Gasteiger partial charge in [0.1, 0.15) is 5.69 Å². The van der Waals surface area contributed by atoms with Gasteiger partial charge in [0, 0.05) is 25.8 Å². The summed E-state index contributed by atoms with van der Waals surface area (Å²) in [4.78, 5) is 22.9. The second-order valence-electron chi connectivity index (χ2n) is 6.02. The Labute approximate surface area is 120 Å². The number of nitrogens with one attached hydrogen (secondary N) is 1. The second-order valence-corrected chi connectivity index (χ2v) is 6.02. The Bertz CT molecular complexity index is 453. The van der Waals surface area contributed by atoms with Crippen LogP contribution in [0.5, 0.6) is 0 Å². The van der Waals surface area contributed by atoms with Gasteiger partial charge < -0.3 is 10.2 Å². The van der Waals surface area contributed by atoms with Crippen LogP contribution in [0, 0.1) is 11.8 Å². The van der Waals surface area contributed by atoms with Gasteiger partial charge in [-0.3, -0.25) is 4.79 Å². The number of hydrogen-bond donors (Lipinski definition) is 1. The Morgan fingerprint density at radius 3 is 2.80 bits per heavy atom. The number of aromatic nitrogens is 2. The Morgan fingerprint density at radius 1 is 1.45 bits per heavy atom. The molecule has 1 amide bonds. The fourth-order valence-electron chi connectivity index (χ4n) is 2.22. The number of carbonyl (C=O) groups is 1. The number of hydrogen-bond acceptors (Lipinski definition) is 4. The van der Waals surface area contributed by atoms with E-state index in [0.717, 1.165) is 31.8 Å². The molecule has 1 N–H and O–H groups in total. The van der Waals surface area contributed by atoms with Crippen LogP contribution in [0.15, 0.2) is 12.3 Å². The summed E-state index contributed by atoms with van der Waals surface area (Å²) in [6, 6.07) is 1.67. The molecule has 0 aliphatic carbocycles. The van der Waals surface area contributed by atoms with Crippen LogP contribution in [0.25, 0.3) is 0 Å². The van der Waals surface area contributed by atoms with Gasteiger partial charge in [0.05, 0.1) is 0 Å². The quantitative estimate of drug-likeness (QED) is 0.915. The summed E-state index contributed by atoms with van der Waals surface area (Å²) in [5.41, 5.74) is 0.453. The van der Waals surface area contributed by atoms with E-state index in [2.05, 4.69) is 41.0 Å². The van der Waals surface area contributed by atoms with Crippen molar-refractivity contribution in [3.05, 3.63) is 18.0 Å². The molecule has 0 bridgehead atoms. The molecule has 1 saturated heterocycles. The van der Waals surface area contributed by atoms with Gasteiger partial charge in [-0.05, 0) is 30.7 Å². The van der Waals surface area contributed by atoms with Crippen LogP contribution >= 0.6 is 0 Å². The average molecular weight is 276 g/mol. The molecule has 2 heterocycles. The molecular formula is C15H24N4O. The van der Waals surface area contributed by atoms with E-state index in [1.54, 1.807) is 12.3 Å². The molecule has 110 valence electrons.